The lowest BCUT2D eigenvalue weighted by atomic mass is 10.0. The van der Waals surface area contributed by atoms with Gasteiger partial charge in [-0.3, -0.25) is 0 Å². The van der Waals surface area contributed by atoms with Crippen molar-refractivity contribution in [2.24, 2.45) is 0 Å². The molecule has 0 saturated heterocycles. The fourth-order valence-corrected chi connectivity index (χ4v) is 3.55. The number of nitrogens with zero attached hydrogens (tertiary/aromatic N) is 1. The lowest BCUT2D eigenvalue weighted by Gasteiger charge is -2.21. The van der Waals surface area contributed by atoms with Crippen LogP contribution in [0.3, 0.4) is 0 Å². The number of carbonyl (C=O) groups is 2. The molecule has 33 heavy (non-hydrogen) atoms. The molecule has 0 radical (unpaired) electrons. The van der Waals surface area contributed by atoms with E-state index in [1.165, 1.54) is 0 Å². The second-order valence-electron chi connectivity index (χ2n) is 7.56. The van der Waals surface area contributed by atoms with Crippen LogP contribution in [0, 0.1) is 11.3 Å². The number of fused-ring (bicyclic) bond motifs is 1. The summed E-state index contributed by atoms with van der Waals surface area (Å²) in [6, 6.07) is 14.1. The van der Waals surface area contributed by atoms with Gasteiger partial charge >= 0.3 is 17.7 Å². The molecule has 9 nitrogen and oxygen atoms in total. The van der Waals surface area contributed by atoms with Gasteiger partial charge < -0.3 is 29.4 Å². The van der Waals surface area contributed by atoms with Crippen LogP contribution < -0.4 is 14.8 Å². The van der Waals surface area contributed by atoms with Crippen LogP contribution in [-0.4, -0.2) is 49.6 Å². The molecular formula is C24H26N2O7. The zero-order chi connectivity index (χ0) is 24.0. The molecule has 2 N–H and O–H groups in total. The highest BCUT2D eigenvalue weighted by Gasteiger charge is 2.59. The normalized spacial score (nSPS) is 15.2. The molecule has 0 fully saturated rings. The molecule has 0 aromatic heterocycles. The predicted molar refractivity (Wildman–Crippen MR) is 116 cm³/mol. The van der Waals surface area contributed by atoms with Gasteiger partial charge in [0, 0.05) is 12.6 Å². The highest BCUT2D eigenvalue weighted by atomic mass is 16.8. The van der Waals surface area contributed by atoms with Crippen molar-refractivity contribution in [2.75, 3.05) is 20.8 Å². The Bertz CT molecular complexity index is 1050. The van der Waals surface area contributed by atoms with Crippen LogP contribution in [0.15, 0.2) is 42.5 Å². The van der Waals surface area contributed by atoms with Crippen molar-refractivity contribution in [3.05, 3.63) is 59.2 Å². The number of aliphatic hydroxyl groups is 1. The molecule has 3 rings (SSSR count). The van der Waals surface area contributed by atoms with Crippen molar-refractivity contribution in [1.29, 1.82) is 5.26 Å². The maximum atomic E-state index is 12.2. The zero-order valence-electron chi connectivity index (χ0n) is 18.7. The van der Waals surface area contributed by atoms with Crippen LogP contribution in [0.25, 0.3) is 0 Å². The van der Waals surface area contributed by atoms with Gasteiger partial charge in [0.1, 0.15) is 0 Å². The summed E-state index contributed by atoms with van der Waals surface area (Å²) in [6.45, 7) is 2.33. The number of ether oxygens (including phenoxy) is 4. The number of esters is 2. The summed E-state index contributed by atoms with van der Waals surface area (Å²) in [4.78, 5) is 24.4. The fourth-order valence-electron chi connectivity index (χ4n) is 3.55. The zero-order valence-corrected chi connectivity index (χ0v) is 18.7. The number of hydrogen-bond acceptors (Lipinski definition) is 9. The van der Waals surface area contributed by atoms with E-state index in [0.717, 1.165) is 26.2 Å². The Labute approximate surface area is 191 Å². The molecular weight excluding hydrogens is 428 g/mol. The maximum absolute atomic E-state index is 12.2. The summed E-state index contributed by atoms with van der Waals surface area (Å²) < 4.78 is 20.4. The van der Waals surface area contributed by atoms with E-state index < -0.39 is 23.8 Å². The first-order valence-corrected chi connectivity index (χ1v) is 10.5. The summed E-state index contributed by atoms with van der Waals surface area (Å²) >= 11 is 0. The number of hydrogen-bond donors (Lipinski definition) is 2. The van der Waals surface area contributed by atoms with Gasteiger partial charge in [-0.25, -0.2) is 9.59 Å². The topological polar surface area (TPSA) is 127 Å². The summed E-state index contributed by atoms with van der Waals surface area (Å²) in [7, 11) is 2.24. The van der Waals surface area contributed by atoms with Gasteiger partial charge in [-0.1, -0.05) is 25.1 Å². The SMILES string of the molecule is CCC(Cc1ccc2c(c1)OC(C(=O)OC)(C(=O)OC)O2)NCC(O)c1cccc(C#N)c1. The van der Waals surface area contributed by atoms with Crippen LogP contribution >= 0.6 is 0 Å². The number of aliphatic hydroxyl groups excluding tert-OH is 1. The average Bonchev–Trinajstić information content (AvgIpc) is 3.25. The maximum Gasteiger partial charge on any atom is 0.453 e. The average molecular weight is 454 g/mol. The quantitative estimate of drug-likeness (QED) is 0.432. The van der Waals surface area contributed by atoms with Crippen molar-refractivity contribution in [3.8, 4) is 17.6 Å². The Kier molecular flexibility index (Phi) is 7.53. The Balaban J connectivity index is 1.67. The van der Waals surface area contributed by atoms with E-state index in [2.05, 4.69) is 20.9 Å². The second kappa shape index (κ2) is 10.3. The number of nitrogens with one attached hydrogen (secondary N) is 1. The summed E-state index contributed by atoms with van der Waals surface area (Å²) in [5.41, 5.74) is 2.04. The van der Waals surface area contributed by atoms with Gasteiger partial charge in [-0.05, 0) is 48.2 Å². The first-order valence-electron chi connectivity index (χ1n) is 10.5. The Morgan fingerprint density at radius 3 is 2.45 bits per heavy atom. The fraction of sp³-hybridized carbons (Fsp3) is 0.375. The monoisotopic (exact) mass is 454 g/mol. The van der Waals surface area contributed by atoms with Gasteiger partial charge in [0.25, 0.3) is 0 Å². The number of methoxy groups -OCH3 is 2. The van der Waals surface area contributed by atoms with E-state index in [9.17, 15) is 14.7 Å². The lowest BCUT2D eigenvalue weighted by Crippen LogP contribution is -2.55. The van der Waals surface area contributed by atoms with E-state index in [-0.39, 0.29) is 17.5 Å². The molecule has 9 heteroatoms. The number of benzene rings is 2. The molecule has 2 aromatic carbocycles. The van der Waals surface area contributed by atoms with E-state index in [0.29, 0.717) is 24.1 Å². The van der Waals surface area contributed by atoms with Crippen LogP contribution in [0.2, 0.25) is 0 Å². The van der Waals surface area contributed by atoms with Crippen molar-refractivity contribution in [2.45, 2.75) is 37.7 Å². The third kappa shape index (κ3) is 5.08. The minimum Gasteiger partial charge on any atom is -0.463 e. The highest BCUT2D eigenvalue weighted by Crippen LogP contribution is 2.41. The molecule has 0 aliphatic carbocycles. The molecule has 1 aliphatic rings. The van der Waals surface area contributed by atoms with E-state index >= 15 is 0 Å². The molecule has 174 valence electrons. The number of carbonyl (C=O) groups excluding carboxylic acids is 2. The highest BCUT2D eigenvalue weighted by molar-refractivity contribution is 6.03. The van der Waals surface area contributed by atoms with Crippen molar-refractivity contribution in [1.82, 2.24) is 5.32 Å². The van der Waals surface area contributed by atoms with Gasteiger partial charge in [0.2, 0.25) is 0 Å². The first-order chi connectivity index (χ1) is 15.9. The van der Waals surface area contributed by atoms with Crippen LogP contribution in [0.5, 0.6) is 11.5 Å². The van der Waals surface area contributed by atoms with Gasteiger partial charge in [-0.15, -0.1) is 0 Å². The summed E-state index contributed by atoms with van der Waals surface area (Å²) in [5, 5.41) is 22.9. The molecule has 0 amide bonds. The standard InChI is InChI=1S/C24H26N2O7/c1-4-18(26-14-19(27)17-7-5-6-16(10-17)13-25)11-15-8-9-20-21(12-15)33-24(32-20,22(28)30-2)23(29)31-3/h5-10,12,18-19,26-27H,4,11,14H2,1-3H3. The van der Waals surface area contributed by atoms with Crippen LogP contribution in [-0.2, 0) is 25.5 Å². The smallest absolute Gasteiger partial charge is 0.453 e. The molecule has 0 bridgehead atoms. The number of nitriles is 1. The Hall–Kier alpha value is -3.61. The Morgan fingerprint density at radius 2 is 1.82 bits per heavy atom. The minimum atomic E-state index is -2.32. The van der Waals surface area contributed by atoms with E-state index in [4.69, 9.17) is 14.7 Å². The molecule has 2 unspecified atom stereocenters. The predicted octanol–water partition coefficient (Wildman–Crippen LogP) is 2.02. The molecule has 2 aromatic rings. The van der Waals surface area contributed by atoms with Crippen LogP contribution in [0.4, 0.5) is 0 Å². The van der Waals surface area contributed by atoms with Gasteiger partial charge in [0.15, 0.2) is 11.5 Å². The Morgan fingerprint density at radius 1 is 1.12 bits per heavy atom. The van der Waals surface area contributed by atoms with Crippen molar-refractivity contribution in [3.63, 3.8) is 0 Å². The molecule has 1 heterocycles. The number of rotatable bonds is 9. The first kappa shape index (κ1) is 24.0. The van der Waals surface area contributed by atoms with Gasteiger partial charge in [-0.2, -0.15) is 5.26 Å². The summed E-state index contributed by atoms with van der Waals surface area (Å²) in [6.07, 6.45) is 0.625. The lowest BCUT2D eigenvalue weighted by molar-refractivity contribution is -0.199. The molecule has 1 aliphatic heterocycles. The largest absolute Gasteiger partial charge is 0.463 e. The molecule has 0 saturated carbocycles. The van der Waals surface area contributed by atoms with E-state index in [1.807, 2.05) is 13.0 Å². The van der Waals surface area contributed by atoms with E-state index in [1.54, 1.807) is 36.4 Å². The third-order valence-electron chi connectivity index (χ3n) is 5.40. The second-order valence-corrected chi connectivity index (χ2v) is 7.56. The van der Waals surface area contributed by atoms with Crippen molar-refractivity contribution >= 4 is 11.9 Å². The molecule has 2 atom stereocenters. The van der Waals surface area contributed by atoms with Gasteiger partial charge in [0.05, 0.1) is 32.0 Å². The minimum absolute atomic E-state index is 0.0325. The summed E-state index contributed by atoms with van der Waals surface area (Å²) in [5.74, 6) is -3.91. The third-order valence-corrected chi connectivity index (χ3v) is 5.40. The van der Waals surface area contributed by atoms with Crippen LogP contribution in [0.1, 0.15) is 36.1 Å². The van der Waals surface area contributed by atoms with Crippen molar-refractivity contribution < 1.29 is 33.6 Å². The molecule has 0 spiro atoms.